The van der Waals surface area contributed by atoms with E-state index < -0.39 is 5.82 Å². The van der Waals surface area contributed by atoms with Crippen molar-refractivity contribution in [2.24, 2.45) is 0 Å². The lowest BCUT2D eigenvalue weighted by Gasteiger charge is -2.18. The van der Waals surface area contributed by atoms with Gasteiger partial charge in [0.1, 0.15) is 21.7 Å². The number of aromatic nitrogens is 2. The maximum atomic E-state index is 14.4. The molecule has 124 valence electrons. The minimum absolute atomic E-state index is 0.122. The Balaban J connectivity index is 2.25. The minimum atomic E-state index is -0.444. The van der Waals surface area contributed by atoms with Crippen LogP contribution in [-0.4, -0.2) is 16.0 Å². The van der Waals surface area contributed by atoms with Gasteiger partial charge < -0.3 is 5.32 Å². The van der Waals surface area contributed by atoms with Gasteiger partial charge in [-0.1, -0.05) is 29.3 Å². The number of rotatable bonds is 4. The Kier molecular flexibility index (Phi) is 5.04. The molecule has 24 heavy (non-hydrogen) atoms. The number of anilines is 1. The SMILES string of the molecule is CC(C)Nc1cc(-c2nccs2)nc(Cl)c1-c1c(F)cccc1Cl. The maximum Gasteiger partial charge on any atom is 0.141 e. The highest BCUT2D eigenvalue weighted by Crippen LogP contribution is 2.41. The largest absolute Gasteiger partial charge is 0.382 e. The van der Waals surface area contributed by atoms with Gasteiger partial charge in [0, 0.05) is 34.4 Å². The fourth-order valence-corrected chi connectivity index (χ4v) is 3.52. The Morgan fingerprint density at radius 1 is 1.21 bits per heavy atom. The fraction of sp³-hybridized carbons (Fsp3) is 0.176. The lowest BCUT2D eigenvalue weighted by Crippen LogP contribution is -2.11. The normalized spacial score (nSPS) is 11.1. The van der Waals surface area contributed by atoms with Crippen molar-refractivity contribution in [3.8, 4) is 21.8 Å². The van der Waals surface area contributed by atoms with Crippen LogP contribution in [0.2, 0.25) is 10.2 Å². The van der Waals surface area contributed by atoms with Gasteiger partial charge in [0.05, 0.1) is 5.02 Å². The molecule has 0 aliphatic heterocycles. The molecule has 0 radical (unpaired) electrons. The van der Waals surface area contributed by atoms with E-state index in [1.807, 2.05) is 25.3 Å². The molecule has 2 aromatic heterocycles. The summed E-state index contributed by atoms with van der Waals surface area (Å²) in [6.45, 7) is 3.98. The summed E-state index contributed by atoms with van der Waals surface area (Å²) in [6.07, 6.45) is 1.70. The van der Waals surface area contributed by atoms with Crippen LogP contribution in [0.1, 0.15) is 13.8 Å². The molecule has 0 saturated carbocycles. The fourth-order valence-electron chi connectivity index (χ4n) is 2.37. The van der Waals surface area contributed by atoms with Gasteiger partial charge in [-0.15, -0.1) is 11.3 Å². The van der Waals surface area contributed by atoms with Crippen molar-refractivity contribution >= 4 is 40.2 Å². The van der Waals surface area contributed by atoms with Crippen LogP contribution in [0.4, 0.5) is 10.1 Å². The van der Waals surface area contributed by atoms with Gasteiger partial charge in [-0.25, -0.2) is 14.4 Å². The monoisotopic (exact) mass is 381 g/mol. The van der Waals surface area contributed by atoms with Crippen molar-refractivity contribution in [2.45, 2.75) is 19.9 Å². The molecule has 0 bridgehead atoms. The van der Waals surface area contributed by atoms with E-state index in [1.54, 1.807) is 18.3 Å². The molecule has 7 heteroatoms. The summed E-state index contributed by atoms with van der Waals surface area (Å²) < 4.78 is 14.4. The van der Waals surface area contributed by atoms with Crippen LogP contribution < -0.4 is 5.32 Å². The first-order chi connectivity index (χ1) is 11.5. The molecule has 0 aliphatic carbocycles. The summed E-state index contributed by atoms with van der Waals surface area (Å²) in [5.41, 5.74) is 2.00. The van der Waals surface area contributed by atoms with Crippen LogP contribution in [0.3, 0.4) is 0 Å². The third-order valence-electron chi connectivity index (χ3n) is 3.28. The van der Waals surface area contributed by atoms with Crippen LogP contribution in [0, 0.1) is 5.82 Å². The van der Waals surface area contributed by atoms with Gasteiger partial charge in [-0.2, -0.15) is 0 Å². The standard InChI is InChI=1S/C17H14Cl2FN3S/c1-9(2)22-12-8-13(17-21-6-7-24-17)23-16(19)15(12)14-10(18)4-3-5-11(14)20/h3-9H,1-2H3,(H,22,23). The number of nitrogens with zero attached hydrogens (tertiary/aromatic N) is 2. The molecule has 3 aromatic rings. The molecular weight excluding hydrogens is 368 g/mol. The number of nitrogens with one attached hydrogen (secondary N) is 1. The summed E-state index contributed by atoms with van der Waals surface area (Å²) >= 11 is 14.1. The van der Waals surface area contributed by atoms with Crippen molar-refractivity contribution in [1.82, 2.24) is 9.97 Å². The first-order valence-corrected chi connectivity index (χ1v) is 8.92. The Morgan fingerprint density at radius 3 is 2.62 bits per heavy atom. The molecule has 1 aromatic carbocycles. The summed E-state index contributed by atoms with van der Waals surface area (Å²) in [7, 11) is 0. The molecule has 3 rings (SSSR count). The van der Waals surface area contributed by atoms with E-state index >= 15 is 0 Å². The van der Waals surface area contributed by atoms with Gasteiger partial charge >= 0.3 is 0 Å². The van der Waals surface area contributed by atoms with E-state index in [0.717, 1.165) is 5.01 Å². The third-order valence-corrected chi connectivity index (χ3v) is 4.67. The Labute approximate surface area is 153 Å². The van der Waals surface area contributed by atoms with Crippen molar-refractivity contribution in [3.05, 3.63) is 51.8 Å². The van der Waals surface area contributed by atoms with Gasteiger partial charge in [0.25, 0.3) is 0 Å². The third kappa shape index (κ3) is 3.38. The van der Waals surface area contributed by atoms with Crippen molar-refractivity contribution in [3.63, 3.8) is 0 Å². The van der Waals surface area contributed by atoms with Gasteiger partial charge in [0.15, 0.2) is 0 Å². The predicted octanol–water partition coefficient (Wildman–Crippen LogP) is 6.14. The van der Waals surface area contributed by atoms with E-state index in [-0.39, 0.29) is 21.8 Å². The summed E-state index contributed by atoms with van der Waals surface area (Å²) in [4.78, 5) is 8.65. The molecule has 0 unspecified atom stereocenters. The average molecular weight is 382 g/mol. The zero-order valence-corrected chi connectivity index (χ0v) is 15.3. The molecule has 3 nitrogen and oxygen atoms in total. The van der Waals surface area contributed by atoms with Crippen molar-refractivity contribution in [2.75, 3.05) is 5.32 Å². The molecule has 0 aliphatic rings. The number of halogens is 3. The van der Waals surface area contributed by atoms with E-state index in [2.05, 4.69) is 15.3 Å². The number of benzene rings is 1. The second-order valence-corrected chi connectivity index (χ2v) is 7.11. The minimum Gasteiger partial charge on any atom is -0.382 e. The summed E-state index contributed by atoms with van der Waals surface area (Å²) in [5.74, 6) is -0.444. The van der Waals surface area contributed by atoms with Gasteiger partial charge in [-0.3, -0.25) is 0 Å². The summed E-state index contributed by atoms with van der Waals surface area (Å²) in [6, 6.07) is 6.48. The van der Waals surface area contributed by atoms with Crippen LogP contribution in [-0.2, 0) is 0 Å². The zero-order valence-electron chi connectivity index (χ0n) is 13.0. The quantitative estimate of drug-likeness (QED) is 0.551. The Morgan fingerprint density at radius 2 is 2.00 bits per heavy atom. The lowest BCUT2D eigenvalue weighted by molar-refractivity contribution is 0.631. The summed E-state index contributed by atoms with van der Waals surface area (Å²) in [5, 5.41) is 6.37. The predicted molar refractivity (Wildman–Crippen MR) is 99.5 cm³/mol. The Bertz CT molecular complexity index is 846. The molecule has 0 saturated heterocycles. The molecule has 0 atom stereocenters. The van der Waals surface area contributed by atoms with Crippen LogP contribution in [0.15, 0.2) is 35.8 Å². The maximum absolute atomic E-state index is 14.4. The number of hydrogen-bond acceptors (Lipinski definition) is 4. The van der Waals surface area contributed by atoms with Crippen LogP contribution >= 0.6 is 34.5 Å². The Hall–Kier alpha value is -1.69. The van der Waals surface area contributed by atoms with E-state index in [9.17, 15) is 4.39 Å². The number of pyridine rings is 1. The molecule has 0 amide bonds. The van der Waals surface area contributed by atoms with Crippen LogP contribution in [0.5, 0.6) is 0 Å². The molecule has 0 spiro atoms. The second kappa shape index (κ2) is 7.05. The molecule has 2 heterocycles. The lowest BCUT2D eigenvalue weighted by atomic mass is 10.0. The highest BCUT2D eigenvalue weighted by Gasteiger charge is 2.20. The highest BCUT2D eigenvalue weighted by molar-refractivity contribution is 7.13. The molecule has 1 N–H and O–H groups in total. The first-order valence-electron chi connectivity index (χ1n) is 7.28. The highest BCUT2D eigenvalue weighted by atomic mass is 35.5. The van der Waals surface area contributed by atoms with Gasteiger partial charge in [-0.05, 0) is 32.0 Å². The van der Waals surface area contributed by atoms with Crippen molar-refractivity contribution < 1.29 is 4.39 Å². The van der Waals surface area contributed by atoms with E-state index in [0.29, 0.717) is 16.9 Å². The van der Waals surface area contributed by atoms with E-state index in [1.165, 1.54) is 17.4 Å². The van der Waals surface area contributed by atoms with Gasteiger partial charge in [0.2, 0.25) is 0 Å². The number of thiazole rings is 1. The smallest absolute Gasteiger partial charge is 0.141 e. The molecular formula is C17H14Cl2FN3S. The zero-order chi connectivity index (χ0) is 17.3. The average Bonchev–Trinajstić information content (AvgIpc) is 3.03. The molecule has 0 fully saturated rings. The van der Waals surface area contributed by atoms with Crippen molar-refractivity contribution in [1.29, 1.82) is 0 Å². The number of hydrogen-bond donors (Lipinski definition) is 1. The van der Waals surface area contributed by atoms with Crippen LogP contribution in [0.25, 0.3) is 21.8 Å². The van der Waals surface area contributed by atoms with E-state index in [4.69, 9.17) is 23.2 Å². The second-order valence-electron chi connectivity index (χ2n) is 5.45. The topological polar surface area (TPSA) is 37.8 Å². The first kappa shape index (κ1) is 17.1.